The maximum Gasteiger partial charge on any atom is 0.237 e. The highest BCUT2D eigenvalue weighted by Crippen LogP contribution is 2.11. The van der Waals surface area contributed by atoms with Gasteiger partial charge in [-0.2, -0.15) is 0 Å². The van der Waals surface area contributed by atoms with E-state index in [9.17, 15) is 4.79 Å². The summed E-state index contributed by atoms with van der Waals surface area (Å²) in [5.74, 6) is 0.602. The normalized spacial score (nSPS) is 13.7. The van der Waals surface area contributed by atoms with Crippen LogP contribution < -0.4 is 11.1 Å². The molecule has 0 saturated carbocycles. The van der Waals surface area contributed by atoms with Gasteiger partial charge in [0.25, 0.3) is 0 Å². The van der Waals surface area contributed by atoms with Crippen LogP contribution in [0.25, 0.3) is 0 Å². The third-order valence-corrected chi connectivity index (χ3v) is 3.21. The first-order valence-electron chi connectivity index (χ1n) is 6.80. The van der Waals surface area contributed by atoms with Crippen molar-refractivity contribution in [2.45, 2.75) is 31.8 Å². The van der Waals surface area contributed by atoms with Crippen molar-refractivity contribution in [3.63, 3.8) is 0 Å². The van der Waals surface area contributed by atoms with E-state index in [0.717, 1.165) is 17.8 Å². The Balaban J connectivity index is 1.93. The van der Waals surface area contributed by atoms with Crippen LogP contribution in [0.5, 0.6) is 0 Å². The van der Waals surface area contributed by atoms with Gasteiger partial charge in [-0.25, -0.2) is 4.98 Å². The molecule has 1 unspecified atom stereocenters. The van der Waals surface area contributed by atoms with Crippen molar-refractivity contribution < 1.29 is 4.79 Å². The molecule has 1 amide bonds. The maximum atomic E-state index is 12.1. The first kappa shape index (κ1) is 14.3. The summed E-state index contributed by atoms with van der Waals surface area (Å²) in [7, 11) is 0. The fourth-order valence-electron chi connectivity index (χ4n) is 2.07. The van der Waals surface area contributed by atoms with Gasteiger partial charge in [0, 0.05) is 12.4 Å². The smallest absolute Gasteiger partial charge is 0.237 e. The minimum atomic E-state index is -0.554. The Hall–Kier alpha value is -2.14. The molecule has 0 radical (unpaired) electrons. The van der Waals surface area contributed by atoms with Crippen LogP contribution in [-0.2, 0) is 11.2 Å². The summed E-state index contributed by atoms with van der Waals surface area (Å²) in [6.07, 6.45) is 4.71. The van der Waals surface area contributed by atoms with E-state index in [0.29, 0.717) is 6.42 Å². The highest BCUT2D eigenvalue weighted by atomic mass is 16.2. The number of nitrogens with zero attached hydrogens (tertiary/aromatic N) is 1. The molecular weight excluding hydrogens is 252 g/mol. The number of hydrogen-bond donors (Lipinski definition) is 3. The molecule has 4 N–H and O–H groups in total. The molecule has 2 atom stereocenters. The number of nitrogens with one attached hydrogen (secondary N) is 2. The monoisotopic (exact) mass is 272 g/mol. The zero-order valence-corrected chi connectivity index (χ0v) is 11.5. The van der Waals surface area contributed by atoms with Gasteiger partial charge in [0.05, 0.1) is 12.1 Å². The van der Waals surface area contributed by atoms with E-state index in [-0.39, 0.29) is 11.9 Å². The molecule has 2 aromatic rings. The van der Waals surface area contributed by atoms with Crippen LogP contribution in [0.2, 0.25) is 0 Å². The van der Waals surface area contributed by atoms with Crippen LogP contribution in [0.4, 0.5) is 0 Å². The second-order valence-electron chi connectivity index (χ2n) is 4.74. The molecular formula is C15H20N4O. The summed E-state index contributed by atoms with van der Waals surface area (Å²) in [4.78, 5) is 19.3. The zero-order chi connectivity index (χ0) is 14.4. The number of carbonyl (C=O) groups is 1. The van der Waals surface area contributed by atoms with Crippen LogP contribution >= 0.6 is 0 Å². The minimum Gasteiger partial charge on any atom is -0.347 e. The van der Waals surface area contributed by atoms with Crippen LogP contribution in [0.1, 0.15) is 30.8 Å². The van der Waals surface area contributed by atoms with Crippen molar-refractivity contribution >= 4 is 5.91 Å². The zero-order valence-electron chi connectivity index (χ0n) is 11.5. The second kappa shape index (κ2) is 6.86. The number of rotatable bonds is 6. The molecule has 0 spiro atoms. The van der Waals surface area contributed by atoms with E-state index in [1.165, 1.54) is 0 Å². The SMILES string of the molecule is CCC(NC(=O)[C@H](N)Cc1ccccc1)c1ncc[nH]1. The van der Waals surface area contributed by atoms with Gasteiger partial charge in [0.15, 0.2) is 0 Å². The molecule has 5 heteroatoms. The number of H-pyrrole nitrogens is 1. The number of carbonyl (C=O) groups excluding carboxylic acids is 1. The Morgan fingerprint density at radius 2 is 2.15 bits per heavy atom. The van der Waals surface area contributed by atoms with Crippen LogP contribution in [0, 0.1) is 0 Å². The van der Waals surface area contributed by atoms with E-state index in [4.69, 9.17) is 5.73 Å². The lowest BCUT2D eigenvalue weighted by molar-refractivity contribution is -0.123. The molecule has 0 aliphatic rings. The lowest BCUT2D eigenvalue weighted by Gasteiger charge is -2.18. The Kier molecular flexibility index (Phi) is 4.90. The fraction of sp³-hybridized carbons (Fsp3) is 0.333. The first-order valence-corrected chi connectivity index (χ1v) is 6.80. The van der Waals surface area contributed by atoms with Crippen LogP contribution in [-0.4, -0.2) is 21.9 Å². The van der Waals surface area contributed by atoms with Crippen LogP contribution in [0.15, 0.2) is 42.7 Å². The van der Waals surface area contributed by atoms with Gasteiger partial charge in [0.1, 0.15) is 5.82 Å². The predicted octanol–water partition coefficient (Wildman–Crippen LogP) is 1.55. The van der Waals surface area contributed by atoms with Crippen molar-refractivity contribution in [2.75, 3.05) is 0 Å². The van der Waals surface area contributed by atoms with Gasteiger partial charge in [-0.05, 0) is 18.4 Å². The van der Waals surface area contributed by atoms with Crippen molar-refractivity contribution in [1.29, 1.82) is 0 Å². The Morgan fingerprint density at radius 3 is 2.75 bits per heavy atom. The van der Waals surface area contributed by atoms with E-state index in [1.807, 2.05) is 37.3 Å². The molecule has 0 aliphatic heterocycles. The Morgan fingerprint density at radius 1 is 1.40 bits per heavy atom. The van der Waals surface area contributed by atoms with Gasteiger partial charge in [0.2, 0.25) is 5.91 Å². The predicted molar refractivity (Wildman–Crippen MR) is 77.9 cm³/mol. The number of imidazole rings is 1. The Bertz CT molecular complexity index is 524. The van der Waals surface area contributed by atoms with Crippen molar-refractivity contribution in [3.05, 3.63) is 54.1 Å². The number of amides is 1. The van der Waals surface area contributed by atoms with Crippen molar-refractivity contribution in [3.8, 4) is 0 Å². The summed E-state index contributed by atoms with van der Waals surface area (Å²) in [5.41, 5.74) is 7.02. The summed E-state index contributed by atoms with van der Waals surface area (Å²) in [6, 6.07) is 9.09. The summed E-state index contributed by atoms with van der Waals surface area (Å²) >= 11 is 0. The lowest BCUT2D eigenvalue weighted by Crippen LogP contribution is -2.43. The molecule has 0 bridgehead atoms. The van der Waals surface area contributed by atoms with Crippen LogP contribution in [0.3, 0.4) is 0 Å². The average molecular weight is 272 g/mol. The fourth-order valence-corrected chi connectivity index (χ4v) is 2.07. The number of aromatic nitrogens is 2. The second-order valence-corrected chi connectivity index (χ2v) is 4.74. The maximum absolute atomic E-state index is 12.1. The van der Waals surface area contributed by atoms with Gasteiger partial charge < -0.3 is 16.0 Å². The molecule has 106 valence electrons. The molecule has 2 rings (SSSR count). The van der Waals surface area contributed by atoms with Crippen molar-refractivity contribution in [1.82, 2.24) is 15.3 Å². The van der Waals surface area contributed by atoms with E-state index < -0.39 is 6.04 Å². The van der Waals surface area contributed by atoms with Crippen molar-refractivity contribution in [2.24, 2.45) is 5.73 Å². The minimum absolute atomic E-state index is 0.126. The number of hydrogen-bond acceptors (Lipinski definition) is 3. The third kappa shape index (κ3) is 3.68. The molecule has 20 heavy (non-hydrogen) atoms. The summed E-state index contributed by atoms with van der Waals surface area (Å²) in [6.45, 7) is 2.00. The molecule has 1 aromatic heterocycles. The highest BCUT2D eigenvalue weighted by molar-refractivity contribution is 5.82. The quantitative estimate of drug-likeness (QED) is 0.746. The molecule has 5 nitrogen and oxygen atoms in total. The molecule has 0 fully saturated rings. The average Bonchev–Trinajstić information content (AvgIpc) is 2.99. The summed E-state index contributed by atoms with van der Waals surface area (Å²) < 4.78 is 0. The highest BCUT2D eigenvalue weighted by Gasteiger charge is 2.19. The third-order valence-electron chi connectivity index (χ3n) is 3.21. The van der Waals surface area contributed by atoms with Gasteiger partial charge in [-0.3, -0.25) is 4.79 Å². The molecule has 0 saturated heterocycles. The van der Waals surface area contributed by atoms with E-state index in [1.54, 1.807) is 12.4 Å². The number of nitrogens with two attached hydrogens (primary N) is 1. The molecule has 0 aliphatic carbocycles. The summed E-state index contributed by atoms with van der Waals surface area (Å²) in [5, 5.41) is 2.93. The van der Waals surface area contributed by atoms with E-state index in [2.05, 4.69) is 15.3 Å². The Labute approximate surface area is 118 Å². The van der Waals surface area contributed by atoms with Gasteiger partial charge in [-0.15, -0.1) is 0 Å². The lowest BCUT2D eigenvalue weighted by atomic mass is 10.1. The van der Waals surface area contributed by atoms with Gasteiger partial charge >= 0.3 is 0 Å². The number of aromatic amines is 1. The topological polar surface area (TPSA) is 83.8 Å². The van der Waals surface area contributed by atoms with E-state index >= 15 is 0 Å². The first-order chi connectivity index (χ1) is 9.70. The standard InChI is InChI=1S/C15H20N4O/c1-2-13(14-17-8-9-18-14)19-15(20)12(16)10-11-6-4-3-5-7-11/h3-9,12-13H,2,10,16H2,1H3,(H,17,18)(H,19,20)/t12-,13?/m1/s1. The number of benzene rings is 1. The molecule has 1 heterocycles. The molecule has 1 aromatic carbocycles. The largest absolute Gasteiger partial charge is 0.347 e. The van der Waals surface area contributed by atoms with Gasteiger partial charge in [-0.1, -0.05) is 37.3 Å².